The van der Waals surface area contributed by atoms with Crippen LogP contribution in [-0.2, 0) is 4.79 Å². The molecule has 10 heavy (non-hydrogen) atoms. The summed E-state index contributed by atoms with van der Waals surface area (Å²) < 4.78 is 0. The van der Waals surface area contributed by atoms with Gasteiger partial charge in [0.15, 0.2) is 0 Å². The molecule has 1 rings (SSSR count). The standard InChI is InChI=1S/C6H5N2O2/c9-4-8-5-2-1-3-7-6(5)10/h1-3H,(H,7,10)(H,8,9). The van der Waals surface area contributed by atoms with Crippen molar-refractivity contribution in [2.75, 3.05) is 5.32 Å². The van der Waals surface area contributed by atoms with Gasteiger partial charge >= 0.3 is 6.41 Å². The van der Waals surface area contributed by atoms with E-state index in [4.69, 9.17) is 0 Å². The second-order valence-corrected chi connectivity index (χ2v) is 1.64. The fourth-order valence-electron chi connectivity index (χ4n) is 0.575. The molecule has 0 saturated carbocycles. The molecule has 0 aromatic carbocycles. The van der Waals surface area contributed by atoms with Crippen molar-refractivity contribution < 1.29 is 4.79 Å². The van der Waals surface area contributed by atoms with Crippen LogP contribution >= 0.6 is 0 Å². The predicted molar refractivity (Wildman–Crippen MR) is 36.4 cm³/mol. The predicted octanol–water partition coefficient (Wildman–Crippen LogP) is -0.146. The van der Waals surface area contributed by atoms with Gasteiger partial charge in [0.25, 0.3) is 5.56 Å². The second-order valence-electron chi connectivity index (χ2n) is 1.64. The normalized spacial score (nSPS) is 8.80. The van der Waals surface area contributed by atoms with E-state index in [1.54, 1.807) is 6.07 Å². The maximum Gasteiger partial charge on any atom is 0.314 e. The van der Waals surface area contributed by atoms with Crippen LogP contribution in [0, 0.1) is 0 Å². The van der Waals surface area contributed by atoms with E-state index in [1.165, 1.54) is 18.7 Å². The van der Waals surface area contributed by atoms with Crippen LogP contribution in [0.4, 0.5) is 5.69 Å². The topological polar surface area (TPSA) is 62.0 Å². The zero-order valence-corrected chi connectivity index (χ0v) is 5.05. The first-order valence-corrected chi connectivity index (χ1v) is 2.65. The van der Waals surface area contributed by atoms with Crippen molar-refractivity contribution in [3.8, 4) is 0 Å². The number of nitrogens with one attached hydrogen (secondary N) is 2. The van der Waals surface area contributed by atoms with E-state index in [-0.39, 0.29) is 11.2 Å². The number of hydrogen-bond acceptors (Lipinski definition) is 2. The van der Waals surface area contributed by atoms with Crippen LogP contribution in [0.2, 0.25) is 0 Å². The van der Waals surface area contributed by atoms with Gasteiger partial charge in [-0.15, -0.1) is 0 Å². The Labute approximate surface area is 56.9 Å². The van der Waals surface area contributed by atoms with Crippen molar-refractivity contribution in [1.29, 1.82) is 0 Å². The Kier molecular flexibility index (Phi) is 1.84. The molecule has 1 radical (unpaired) electrons. The molecule has 51 valence electrons. The average Bonchev–Trinajstić information content (AvgIpc) is 1.94. The van der Waals surface area contributed by atoms with Crippen molar-refractivity contribution in [2.45, 2.75) is 0 Å². The summed E-state index contributed by atoms with van der Waals surface area (Å²) in [5, 5.41) is 2.13. The van der Waals surface area contributed by atoms with E-state index < -0.39 is 0 Å². The summed E-state index contributed by atoms with van der Waals surface area (Å²) in [6.07, 6.45) is 2.89. The molecule has 0 unspecified atom stereocenters. The maximum absolute atomic E-state index is 10.7. The molecule has 0 aliphatic heterocycles. The van der Waals surface area contributed by atoms with Crippen LogP contribution in [0.1, 0.15) is 0 Å². The third-order valence-electron chi connectivity index (χ3n) is 1.00. The smallest absolute Gasteiger partial charge is 0.314 e. The highest BCUT2D eigenvalue weighted by molar-refractivity contribution is 5.70. The molecule has 0 spiro atoms. The number of aromatic nitrogens is 1. The SMILES string of the molecule is O=[C]Nc1ccc[nH]c1=O. The molecule has 0 fully saturated rings. The molecule has 1 amide bonds. The van der Waals surface area contributed by atoms with Gasteiger partial charge in [0.05, 0.1) is 0 Å². The molecular formula is C6H5N2O2. The Morgan fingerprint density at radius 1 is 1.60 bits per heavy atom. The van der Waals surface area contributed by atoms with E-state index in [9.17, 15) is 9.59 Å². The van der Waals surface area contributed by atoms with Gasteiger partial charge in [-0.1, -0.05) is 0 Å². The van der Waals surface area contributed by atoms with Crippen molar-refractivity contribution in [3.63, 3.8) is 0 Å². The molecule has 1 aromatic heterocycles. The van der Waals surface area contributed by atoms with E-state index in [0.29, 0.717) is 0 Å². The largest absolute Gasteiger partial charge is 0.327 e. The molecule has 0 aliphatic carbocycles. The Morgan fingerprint density at radius 3 is 3.00 bits per heavy atom. The quantitative estimate of drug-likeness (QED) is 0.557. The van der Waals surface area contributed by atoms with E-state index in [1.807, 2.05) is 0 Å². The number of hydrogen-bond donors (Lipinski definition) is 2. The van der Waals surface area contributed by atoms with E-state index >= 15 is 0 Å². The molecule has 0 bridgehead atoms. The summed E-state index contributed by atoms with van der Waals surface area (Å²) in [5.41, 5.74) is -0.122. The summed E-state index contributed by atoms with van der Waals surface area (Å²) in [6, 6.07) is 3.10. The third kappa shape index (κ3) is 1.22. The van der Waals surface area contributed by atoms with E-state index in [0.717, 1.165) is 0 Å². The third-order valence-corrected chi connectivity index (χ3v) is 1.00. The van der Waals surface area contributed by atoms with Gasteiger partial charge in [0.1, 0.15) is 5.69 Å². The number of H-pyrrole nitrogens is 1. The van der Waals surface area contributed by atoms with Gasteiger partial charge in [-0.25, -0.2) is 0 Å². The lowest BCUT2D eigenvalue weighted by atomic mass is 10.4. The van der Waals surface area contributed by atoms with E-state index in [2.05, 4.69) is 10.3 Å². The van der Waals surface area contributed by atoms with Gasteiger partial charge in [-0.05, 0) is 12.1 Å². The summed E-state index contributed by atoms with van der Waals surface area (Å²) in [4.78, 5) is 22.8. The molecule has 0 aliphatic rings. The fourth-order valence-corrected chi connectivity index (χ4v) is 0.575. The number of rotatable bonds is 2. The number of aromatic amines is 1. The molecule has 0 atom stereocenters. The molecular weight excluding hydrogens is 132 g/mol. The fraction of sp³-hybridized carbons (Fsp3) is 0. The lowest BCUT2D eigenvalue weighted by Crippen LogP contribution is -2.11. The molecule has 4 heteroatoms. The van der Waals surface area contributed by atoms with Crippen molar-refractivity contribution in [2.24, 2.45) is 0 Å². The first-order chi connectivity index (χ1) is 4.84. The minimum Gasteiger partial charge on any atom is -0.327 e. The lowest BCUT2D eigenvalue weighted by molar-refractivity contribution is 0.561. The van der Waals surface area contributed by atoms with Gasteiger partial charge in [0.2, 0.25) is 0 Å². The molecule has 1 aromatic rings. The molecule has 0 saturated heterocycles. The molecule has 4 nitrogen and oxygen atoms in total. The Morgan fingerprint density at radius 2 is 2.40 bits per heavy atom. The minimum atomic E-state index is -0.328. The van der Waals surface area contributed by atoms with Gasteiger partial charge < -0.3 is 10.3 Å². The van der Waals surface area contributed by atoms with Crippen LogP contribution in [0.25, 0.3) is 0 Å². The first kappa shape index (κ1) is 6.54. The molecule has 2 N–H and O–H groups in total. The van der Waals surface area contributed by atoms with Gasteiger partial charge in [-0.3, -0.25) is 9.59 Å². The number of pyridine rings is 1. The highest BCUT2D eigenvalue weighted by Crippen LogP contribution is 1.91. The van der Waals surface area contributed by atoms with Crippen LogP contribution in [-0.4, -0.2) is 11.4 Å². The van der Waals surface area contributed by atoms with Gasteiger partial charge in [-0.2, -0.15) is 0 Å². The second kappa shape index (κ2) is 2.82. The monoisotopic (exact) mass is 137 g/mol. The minimum absolute atomic E-state index is 0.206. The Bertz CT molecular complexity index is 279. The van der Waals surface area contributed by atoms with Crippen LogP contribution in [0.15, 0.2) is 23.1 Å². The lowest BCUT2D eigenvalue weighted by Gasteiger charge is -1.91. The summed E-state index contributed by atoms with van der Waals surface area (Å²) in [5.74, 6) is 0. The highest BCUT2D eigenvalue weighted by Gasteiger charge is 1.92. The van der Waals surface area contributed by atoms with Crippen LogP contribution in [0.3, 0.4) is 0 Å². The first-order valence-electron chi connectivity index (χ1n) is 2.65. The van der Waals surface area contributed by atoms with Crippen LogP contribution in [0.5, 0.6) is 0 Å². The zero-order valence-electron chi connectivity index (χ0n) is 5.05. The number of amides is 1. The van der Waals surface area contributed by atoms with Crippen molar-refractivity contribution in [1.82, 2.24) is 4.98 Å². The van der Waals surface area contributed by atoms with Crippen molar-refractivity contribution >= 4 is 12.1 Å². The number of carbonyl (C=O) groups excluding carboxylic acids is 1. The highest BCUT2D eigenvalue weighted by atomic mass is 16.1. The Balaban J connectivity index is 3.03. The average molecular weight is 137 g/mol. The van der Waals surface area contributed by atoms with Crippen LogP contribution < -0.4 is 10.9 Å². The molecule has 1 heterocycles. The summed E-state index contributed by atoms with van der Waals surface area (Å²) >= 11 is 0. The zero-order chi connectivity index (χ0) is 7.40. The Hall–Kier alpha value is -1.58. The summed E-state index contributed by atoms with van der Waals surface area (Å²) in [6.45, 7) is 0. The summed E-state index contributed by atoms with van der Waals surface area (Å²) in [7, 11) is 0. The van der Waals surface area contributed by atoms with Gasteiger partial charge in [0, 0.05) is 6.20 Å². The van der Waals surface area contributed by atoms with Crippen molar-refractivity contribution in [3.05, 3.63) is 28.7 Å². The number of anilines is 1. The maximum atomic E-state index is 10.7.